The minimum atomic E-state index is -0.0513. The van der Waals surface area contributed by atoms with Crippen LogP contribution >= 0.6 is 0 Å². The summed E-state index contributed by atoms with van der Waals surface area (Å²) in [7, 11) is 0. The lowest BCUT2D eigenvalue weighted by molar-refractivity contribution is -0.123. The topological polar surface area (TPSA) is 59.0 Å². The summed E-state index contributed by atoms with van der Waals surface area (Å²) in [4.78, 5) is 12.5. The third-order valence-electron chi connectivity index (χ3n) is 5.18. The third-order valence-corrected chi connectivity index (χ3v) is 5.18. The molecule has 1 saturated heterocycles. The number of nitrogens with zero attached hydrogens (tertiary/aromatic N) is 2. The second-order valence-corrected chi connectivity index (χ2v) is 7.09. The van der Waals surface area contributed by atoms with Gasteiger partial charge in [-0.25, -0.2) is 4.68 Å². The largest absolute Gasteiger partial charge is 0.349 e. The number of carbonyl (C=O) groups excluding carboxylic acids is 1. The molecule has 0 radical (unpaired) electrons. The third kappa shape index (κ3) is 4.48. The number of aromatic nitrogens is 2. The number of para-hydroxylation sites is 1. The smallest absolute Gasteiger partial charge is 0.220 e. The fourth-order valence-corrected chi connectivity index (χ4v) is 3.68. The Morgan fingerprint density at radius 1 is 1.36 bits per heavy atom. The highest BCUT2D eigenvalue weighted by atomic mass is 16.1. The molecule has 1 amide bonds. The quantitative estimate of drug-likeness (QED) is 0.850. The number of hydrogen-bond acceptors (Lipinski definition) is 3. The number of rotatable bonds is 6. The van der Waals surface area contributed by atoms with Crippen LogP contribution in [-0.2, 0) is 4.79 Å². The zero-order chi connectivity index (χ0) is 17.6. The van der Waals surface area contributed by atoms with E-state index in [2.05, 4.69) is 28.7 Å². The summed E-state index contributed by atoms with van der Waals surface area (Å²) in [5, 5.41) is 10.9. The van der Waals surface area contributed by atoms with Crippen molar-refractivity contribution in [2.24, 2.45) is 11.8 Å². The Bertz CT molecular complexity index is 677. The molecule has 5 nitrogen and oxygen atoms in total. The molecular weight excluding hydrogens is 312 g/mol. The molecule has 2 aromatic rings. The van der Waals surface area contributed by atoms with E-state index in [9.17, 15) is 4.79 Å². The van der Waals surface area contributed by atoms with E-state index < -0.39 is 0 Å². The minimum absolute atomic E-state index is 0.0513. The lowest BCUT2D eigenvalue weighted by atomic mass is 9.85. The van der Waals surface area contributed by atoms with Gasteiger partial charge in [-0.3, -0.25) is 4.79 Å². The Labute approximate surface area is 149 Å². The number of piperidine rings is 1. The molecule has 0 spiro atoms. The number of benzene rings is 1. The molecule has 1 aromatic carbocycles. The molecule has 1 aliphatic heterocycles. The van der Waals surface area contributed by atoms with Gasteiger partial charge in [-0.05, 0) is 62.4 Å². The molecule has 0 aliphatic carbocycles. The fraction of sp³-hybridized carbons (Fsp3) is 0.500. The van der Waals surface area contributed by atoms with E-state index in [0.717, 1.165) is 24.3 Å². The number of carbonyl (C=O) groups is 1. The van der Waals surface area contributed by atoms with Crippen LogP contribution in [0.4, 0.5) is 0 Å². The average Bonchev–Trinajstić information content (AvgIpc) is 3.17. The van der Waals surface area contributed by atoms with Crippen molar-refractivity contribution in [3.8, 4) is 5.69 Å². The Balaban J connectivity index is 1.62. The monoisotopic (exact) mass is 340 g/mol. The normalized spacial score (nSPS) is 20.0. The molecule has 134 valence electrons. The van der Waals surface area contributed by atoms with Gasteiger partial charge in [0.2, 0.25) is 5.91 Å². The molecule has 0 saturated carbocycles. The summed E-state index contributed by atoms with van der Waals surface area (Å²) >= 11 is 0. The van der Waals surface area contributed by atoms with Gasteiger partial charge >= 0.3 is 0 Å². The summed E-state index contributed by atoms with van der Waals surface area (Å²) in [6, 6.07) is 9.93. The van der Waals surface area contributed by atoms with Crippen LogP contribution in [0.3, 0.4) is 0 Å². The Morgan fingerprint density at radius 3 is 2.92 bits per heavy atom. The van der Waals surface area contributed by atoms with Crippen LogP contribution < -0.4 is 10.6 Å². The van der Waals surface area contributed by atoms with Gasteiger partial charge in [0.15, 0.2) is 0 Å². The number of nitrogens with one attached hydrogen (secondary N) is 2. The average molecular weight is 340 g/mol. The van der Waals surface area contributed by atoms with Crippen LogP contribution in [-0.4, -0.2) is 28.8 Å². The summed E-state index contributed by atoms with van der Waals surface area (Å²) in [6.45, 7) is 6.37. The fourth-order valence-electron chi connectivity index (χ4n) is 3.68. The van der Waals surface area contributed by atoms with Gasteiger partial charge in [-0.15, -0.1) is 0 Å². The zero-order valence-electron chi connectivity index (χ0n) is 15.1. The predicted molar refractivity (Wildman–Crippen MR) is 99.5 cm³/mol. The Kier molecular flexibility index (Phi) is 5.87. The van der Waals surface area contributed by atoms with Crippen molar-refractivity contribution in [2.45, 2.75) is 39.2 Å². The second kappa shape index (κ2) is 8.30. The first kappa shape index (κ1) is 17.7. The van der Waals surface area contributed by atoms with Crippen molar-refractivity contribution in [3.63, 3.8) is 0 Å². The van der Waals surface area contributed by atoms with Gasteiger partial charge in [0.05, 0.1) is 11.7 Å². The molecule has 2 heterocycles. The van der Waals surface area contributed by atoms with Gasteiger partial charge in [0.1, 0.15) is 0 Å². The summed E-state index contributed by atoms with van der Waals surface area (Å²) in [6.07, 6.45) is 6.70. The lowest BCUT2D eigenvalue weighted by Crippen LogP contribution is -2.36. The number of hydrogen-bond donors (Lipinski definition) is 2. The minimum Gasteiger partial charge on any atom is -0.349 e. The van der Waals surface area contributed by atoms with Crippen molar-refractivity contribution >= 4 is 5.91 Å². The van der Waals surface area contributed by atoms with Gasteiger partial charge in [0, 0.05) is 18.8 Å². The van der Waals surface area contributed by atoms with E-state index in [-0.39, 0.29) is 11.9 Å². The second-order valence-electron chi connectivity index (χ2n) is 7.09. The molecule has 1 fully saturated rings. The first-order valence-corrected chi connectivity index (χ1v) is 9.24. The van der Waals surface area contributed by atoms with Gasteiger partial charge in [-0.2, -0.15) is 5.10 Å². The van der Waals surface area contributed by atoms with E-state index >= 15 is 0 Å². The van der Waals surface area contributed by atoms with Gasteiger partial charge in [0.25, 0.3) is 0 Å². The van der Waals surface area contributed by atoms with Crippen molar-refractivity contribution < 1.29 is 4.79 Å². The standard InChI is InChI=1S/C20H28N4O/c1-15(17-7-5-10-21-14-17)13-20(25)23-16(2)18-8-3-4-9-19(18)24-12-6-11-22-24/h3-4,6,8-9,11-12,15-17,21H,5,7,10,13-14H2,1-2H3,(H,23,25). The van der Waals surface area contributed by atoms with Gasteiger partial charge in [-0.1, -0.05) is 25.1 Å². The van der Waals surface area contributed by atoms with E-state index in [1.807, 2.05) is 42.1 Å². The molecule has 1 aliphatic rings. The van der Waals surface area contributed by atoms with Crippen LogP contribution in [0.5, 0.6) is 0 Å². The summed E-state index contributed by atoms with van der Waals surface area (Å²) in [5.74, 6) is 1.13. The molecular formula is C20H28N4O. The molecule has 3 unspecified atom stereocenters. The van der Waals surface area contributed by atoms with Crippen LogP contribution in [0, 0.1) is 11.8 Å². The highest BCUT2D eigenvalue weighted by Crippen LogP contribution is 2.24. The predicted octanol–water partition coefficient (Wildman–Crippen LogP) is 3.08. The van der Waals surface area contributed by atoms with Crippen LogP contribution in [0.15, 0.2) is 42.7 Å². The zero-order valence-corrected chi connectivity index (χ0v) is 15.1. The molecule has 0 bridgehead atoms. The van der Waals surface area contributed by atoms with Gasteiger partial charge < -0.3 is 10.6 Å². The maximum Gasteiger partial charge on any atom is 0.220 e. The Morgan fingerprint density at radius 2 is 2.20 bits per heavy atom. The van der Waals surface area contributed by atoms with E-state index in [1.165, 1.54) is 12.8 Å². The number of amides is 1. The molecule has 3 rings (SSSR count). The van der Waals surface area contributed by atoms with Crippen molar-refractivity contribution in [1.29, 1.82) is 0 Å². The van der Waals surface area contributed by atoms with Crippen LogP contribution in [0.2, 0.25) is 0 Å². The van der Waals surface area contributed by atoms with E-state index in [1.54, 1.807) is 6.20 Å². The van der Waals surface area contributed by atoms with Crippen molar-refractivity contribution in [1.82, 2.24) is 20.4 Å². The van der Waals surface area contributed by atoms with E-state index in [0.29, 0.717) is 18.3 Å². The van der Waals surface area contributed by atoms with Crippen molar-refractivity contribution in [2.75, 3.05) is 13.1 Å². The first-order chi connectivity index (χ1) is 12.1. The van der Waals surface area contributed by atoms with Crippen LogP contribution in [0.1, 0.15) is 44.7 Å². The molecule has 2 N–H and O–H groups in total. The summed E-state index contributed by atoms with van der Waals surface area (Å²) in [5.41, 5.74) is 2.08. The maximum atomic E-state index is 12.5. The van der Waals surface area contributed by atoms with Crippen molar-refractivity contribution in [3.05, 3.63) is 48.3 Å². The van der Waals surface area contributed by atoms with E-state index in [4.69, 9.17) is 0 Å². The first-order valence-electron chi connectivity index (χ1n) is 9.24. The SMILES string of the molecule is CC(NC(=O)CC(C)C1CCCNC1)c1ccccc1-n1cccn1. The molecule has 1 aromatic heterocycles. The maximum absolute atomic E-state index is 12.5. The lowest BCUT2D eigenvalue weighted by Gasteiger charge is -2.28. The highest BCUT2D eigenvalue weighted by molar-refractivity contribution is 5.76. The molecule has 3 atom stereocenters. The molecule has 25 heavy (non-hydrogen) atoms. The van der Waals surface area contributed by atoms with Crippen LogP contribution in [0.25, 0.3) is 5.69 Å². The highest BCUT2D eigenvalue weighted by Gasteiger charge is 2.23. The Hall–Kier alpha value is -2.14. The summed E-state index contributed by atoms with van der Waals surface area (Å²) < 4.78 is 1.84. The molecule has 5 heteroatoms.